The first-order valence-corrected chi connectivity index (χ1v) is 12.0. The number of rotatable bonds is 8. The molecule has 1 amide bonds. The smallest absolute Gasteiger partial charge is 0.263 e. The zero-order chi connectivity index (χ0) is 23.3. The number of hydrogen-bond acceptors (Lipinski definition) is 4. The van der Waals surface area contributed by atoms with Crippen LogP contribution < -0.4 is 10.0 Å². The SMILES string of the molecule is CN(C)CCc1ccc(NC(=O)c2cccc(NS(=O)(=O)c3cc(Cl)ccc3Cl)c2)cc1. The van der Waals surface area contributed by atoms with Crippen molar-refractivity contribution >= 4 is 50.5 Å². The topological polar surface area (TPSA) is 78.5 Å². The van der Waals surface area contributed by atoms with Crippen molar-refractivity contribution in [2.75, 3.05) is 30.7 Å². The van der Waals surface area contributed by atoms with E-state index in [0.717, 1.165) is 13.0 Å². The largest absolute Gasteiger partial charge is 0.322 e. The highest BCUT2D eigenvalue weighted by atomic mass is 35.5. The predicted molar refractivity (Wildman–Crippen MR) is 130 cm³/mol. The molecule has 0 aromatic heterocycles. The van der Waals surface area contributed by atoms with E-state index in [2.05, 4.69) is 14.9 Å². The number of amides is 1. The van der Waals surface area contributed by atoms with Crippen molar-refractivity contribution in [3.8, 4) is 0 Å². The first kappa shape index (κ1) is 24.1. The molecule has 0 radical (unpaired) electrons. The highest BCUT2D eigenvalue weighted by Crippen LogP contribution is 2.27. The third-order valence-electron chi connectivity index (χ3n) is 4.62. The van der Waals surface area contributed by atoms with Gasteiger partial charge in [-0.05, 0) is 74.6 Å². The second-order valence-corrected chi connectivity index (χ2v) is 9.96. The van der Waals surface area contributed by atoms with Crippen LogP contribution in [0, 0.1) is 0 Å². The molecule has 2 N–H and O–H groups in total. The summed E-state index contributed by atoms with van der Waals surface area (Å²) >= 11 is 11.9. The fraction of sp³-hybridized carbons (Fsp3) is 0.174. The van der Waals surface area contributed by atoms with Crippen LogP contribution in [0.15, 0.2) is 71.6 Å². The highest BCUT2D eigenvalue weighted by Gasteiger charge is 2.19. The van der Waals surface area contributed by atoms with Gasteiger partial charge in [-0.3, -0.25) is 9.52 Å². The third kappa shape index (κ3) is 6.46. The number of carbonyl (C=O) groups excluding carboxylic acids is 1. The van der Waals surface area contributed by atoms with E-state index in [1.165, 1.54) is 29.8 Å². The fourth-order valence-corrected chi connectivity index (χ4v) is 4.74. The lowest BCUT2D eigenvalue weighted by molar-refractivity contribution is 0.102. The summed E-state index contributed by atoms with van der Waals surface area (Å²) in [5.74, 6) is -0.354. The van der Waals surface area contributed by atoms with Gasteiger partial charge in [-0.2, -0.15) is 0 Å². The zero-order valence-corrected chi connectivity index (χ0v) is 19.9. The molecule has 32 heavy (non-hydrogen) atoms. The van der Waals surface area contributed by atoms with Gasteiger partial charge in [0, 0.05) is 28.5 Å². The summed E-state index contributed by atoms with van der Waals surface area (Å²) in [6.07, 6.45) is 0.917. The van der Waals surface area contributed by atoms with E-state index in [1.54, 1.807) is 18.2 Å². The maximum absolute atomic E-state index is 12.7. The molecule has 0 saturated carbocycles. The van der Waals surface area contributed by atoms with E-state index in [-0.39, 0.29) is 26.5 Å². The average Bonchev–Trinajstić information content (AvgIpc) is 2.74. The molecule has 3 rings (SSSR count). The van der Waals surface area contributed by atoms with Crippen molar-refractivity contribution in [2.45, 2.75) is 11.3 Å². The molecule has 3 aromatic rings. The number of nitrogens with zero attached hydrogens (tertiary/aromatic N) is 1. The van der Waals surface area contributed by atoms with Gasteiger partial charge in [0.15, 0.2) is 0 Å². The second-order valence-electron chi connectivity index (χ2n) is 7.47. The van der Waals surface area contributed by atoms with Crippen LogP contribution in [0.2, 0.25) is 10.0 Å². The van der Waals surface area contributed by atoms with Crippen molar-refractivity contribution in [2.24, 2.45) is 0 Å². The summed E-state index contributed by atoms with van der Waals surface area (Å²) in [5.41, 5.74) is 2.36. The van der Waals surface area contributed by atoms with Crippen LogP contribution in [0.1, 0.15) is 15.9 Å². The minimum atomic E-state index is -3.99. The Morgan fingerprint density at radius 1 is 0.938 bits per heavy atom. The van der Waals surface area contributed by atoms with Crippen molar-refractivity contribution in [1.82, 2.24) is 4.90 Å². The lowest BCUT2D eigenvalue weighted by Gasteiger charge is -2.12. The van der Waals surface area contributed by atoms with Crippen molar-refractivity contribution < 1.29 is 13.2 Å². The van der Waals surface area contributed by atoms with Gasteiger partial charge in [-0.1, -0.05) is 41.4 Å². The molecule has 168 valence electrons. The van der Waals surface area contributed by atoms with Gasteiger partial charge in [-0.15, -0.1) is 0 Å². The van der Waals surface area contributed by atoms with E-state index in [0.29, 0.717) is 11.3 Å². The third-order valence-corrected chi connectivity index (χ3v) is 6.72. The number of halogens is 2. The number of benzene rings is 3. The maximum Gasteiger partial charge on any atom is 0.263 e. The van der Waals surface area contributed by atoms with Crippen LogP contribution in [0.4, 0.5) is 11.4 Å². The quantitative estimate of drug-likeness (QED) is 0.456. The fourth-order valence-electron chi connectivity index (χ4n) is 2.93. The molecule has 0 aliphatic carbocycles. The molecule has 0 bridgehead atoms. The molecule has 0 unspecified atom stereocenters. The second kappa shape index (κ2) is 10.4. The summed E-state index contributed by atoms with van der Waals surface area (Å²) in [4.78, 5) is 14.6. The van der Waals surface area contributed by atoms with Gasteiger partial charge in [-0.25, -0.2) is 8.42 Å². The minimum absolute atomic E-state index is 0.0461. The van der Waals surface area contributed by atoms with Crippen LogP contribution in [0.5, 0.6) is 0 Å². The summed E-state index contributed by atoms with van der Waals surface area (Å²) < 4.78 is 27.9. The lowest BCUT2D eigenvalue weighted by atomic mass is 10.1. The lowest BCUT2D eigenvalue weighted by Crippen LogP contribution is -2.16. The molecule has 0 heterocycles. The number of nitrogens with one attached hydrogen (secondary N) is 2. The highest BCUT2D eigenvalue weighted by molar-refractivity contribution is 7.92. The summed E-state index contributed by atoms with van der Waals surface area (Å²) in [7, 11) is 0.0546. The van der Waals surface area contributed by atoms with Crippen LogP contribution in [0.3, 0.4) is 0 Å². The summed E-state index contributed by atoms with van der Waals surface area (Å²) in [5, 5.41) is 3.12. The molecular weight excluding hydrogens is 469 g/mol. The van der Waals surface area contributed by atoms with Crippen LogP contribution in [0.25, 0.3) is 0 Å². The van der Waals surface area contributed by atoms with Gasteiger partial charge < -0.3 is 10.2 Å². The van der Waals surface area contributed by atoms with Gasteiger partial charge in [0.25, 0.3) is 15.9 Å². The first-order valence-electron chi connectivity index (χ1n) is 9.77. The first-order chi connectivity index (χ1) is 15.1. The molecule has 0 atom stereocenters. The average molecular weight is 492 g/mol. The number of anilines is 2. The van der Waals surface area contributed by atoms with Gasteiger partial charge in [0.05, 0.1) is 5.02 Å². The molecule has 6 nitrogen and oxygen atoms in total. The van der Waals surface area contributed by atoms with Crippen LogP contribution >= 0.6 is 23.2 Å². The zero-order valence-electron chi connectivity index (χ0n) is 17.6. The Bertz CT molecular complexity index is 1210. The molecule has 0 fully saturated rings. The molecular formula is C23H23Cl2N3O3S. The van der Waals surface area contributed by atoms with Gasteiger partial charge >= 0.3 is 0 Å². The Labute approximate surface area is 198 Å². The van der Waals surface area contributed by atoms with Crippen molar-refractivity contribution in [3.63, 3.8) is 0 Å². The maximum atomic E-state index is 12.7. The van der Waals surface area contributed by atoms with E-state index < -0.39 is 10.0 Å². The van der Waals surface area contributed by atoms with Gasteiger partial charge in [0.1, 0.15) is 4.90 Å². The van der Waals surface area contributed by atoms with Crippen molar-refractivity contribution in [3.05, 3.63) is 87.9 Å². The Morgan fingerprint density at radius 3 is 2.34 bits per heavy atom. The van der Waals surface area contributed by atoms with E-state index in [1.807, 2.05) is 38.4 Å². The predicted octanol–water partition coefficient (Wildman–Crippen LogP) is 5.15. The molecule has 9 heteroatoms. The van der Waals surface area contributed by atoms with E-state index >= 15 is 0 Å². The van der Waals surface area contributed by atoms with E-state index in [4.69, 9.17) is 23.2 Å². The minimum Gasteiger partial charge on any atom is -0.322 e. The number of likely N-dealkylation sites (N-methyl/N-ethyl adjacent to an activating group) is 1. The molecule has 3 aromatic carbocycles. The normalized spacial score (nSPS) is 11.4. The summed E-state index contributed by atoms with van der Waals surface area (Å²) in [6.45, 7) is 0.939. The number of sulfonamides is 1. The summed E-state index contributed by atoms with van der Waals surface area (Å²) in [6, 6.07) is 18.0. The monoisotopic (exact) mass is 491 g/mol. The molecule has 0 saturated heterocycles. The number of carbonyl (C=O) groups is 1. The molecule has 0 aliphatic heterocycles. The van der Waals surface area contributed by atoms with Gasteiger partial charge in [0.2, 0.25) is 0 Å². The molecule has 0 spiro atoms. The number of hydrogen-bond donors (Lipinski definition) is 2. The Balaban J connectivity index is 1.71. The van der Waals surface area contributed by atoms with E-state index in [9.17, 15) is 13.2 Å². The standard InChI is InChI=1S/C23H23Cl2N3O3S/c1-28(2)13-12-16-6-9-19(10-7-16)26-23(29)17-4-3-5-20(14-17)27-32(30,31)22-15-18(24)8-11-21(22)25/h3-11,14-15,27H,12-13H2,1-2H3,(H,26,29). The van der Waals surface area contributed by atoms with Crippen LogP contribution in [-0.2, 0) is 16.4 Å². The Kier molecular flexibility index (Phi) is 7.79. The Hall–Kier alpha value is -2.58. The van der Waals surface area contributed by atoms with Crippen LogP contribution in [-0.4, -0.2) is 39.9 Å². The molecule has 0 aliphatic rings. The Morgan fingerprint density at radius 2 is 1.66 bits per heavy atom. The van der Waals surface area contributed by atoms with Crippen molar-refractivity contribution in [1.29, 1.82) is 0 Å².